The molecule has 0 aliphatic heterocycles. The van der Waals surface area contributed by atoms with Gasteiger partial charge in [0, 0.05) is 12.4 Å². The van der Waals surface area contributed by atoms with Crippen LogP contribution in [-0.4, -0.2) is 22.4 Å². The SMILES string of the molecule is O=C(COc1ccc(F)cc1)OCc1ccc(-n2cccn2)cc1. The molecular weight excluding hydrogens is 311 g/mol. The molecule has 0 atom stereocenters. The summed E-state index contributed by atoms with van der Waals surface area (Å²) in [6.45, 7) is -0.0675. The van der Waals surface area contributed by atoms with Crippen molar-refractivity contribution in [2.24, 2.45) is 0 Å². The van der Waals surface area contributed by atoms with E-state index >= 15 is 0 Å². The third kappa shape index (κ3) is 4.19. The summed E-state index contributed by atoms with van der Waals surface area (Å²) in [6.07, 6.45) is 3.55. The van der Waals surface area contributed by atoms with Gasteiger partial charge < -0.3 is 9.47 Å². The van der Waals surface area contributed by atoms with Crippen molar-refractivity contribution in [3.63, 3.8) is 0 Å². The fourth-order valence-corrected chi connectivity index (χ4v) is 2.05. The van der Waals surface area contributed by atoms with E-state index in [1.54, 1.807) is 10.9 Å². The van der Waals surface area contributed by atoms with Crippen LogP contribution in [0.5, 0.6) is 5.75 Å². The fraction of sp³-hybridized carbons (Fsp3) is 0.111. The minimum atomic E-state index is -0.490. The molecule has 0 aliphatic rings. The van der Waals surface area contributed by atoms with Crippen LogP contribution in [0.2, 0.25) is 0 Å². The van der Waals surface area contributed by atoms with Gasteiger partial charge in [0.2, 0.25) is 0 Å². The topological polar surface area (TPSA) is 53.4 Å². The van der Waals surface area contributed by atoms with Crippen molar-refractivity contribution in [3.05, 3.63) is 78.4 Å². The molecule has 0 saturated carbocycles. The number of nitrogens with zero attached hydrogens (tertiary/aromatic N) is 2. The zero-order valence-electron chi connectivity index (χ0n) is 12.8. The van der Waals surface area contributed by atoms with Gasteiger partial charge in [-0.2, -0.15) is 5.10 Å². The Morgan fingerprint density at radius 3 is 2.50 bits per heavy atom. The van der Waals surface area contributed by atoms with Crippen molar-refractivity contribution < 1.29 is 18.7 Å². The van der Waals surface area contributed by atoms with Crippen LogP contribution >= 0.6 is 0 Å². The summed E-state index contributed by atoms with van der Waals surface area (Å²) in [4.78, 5) is 11.7. The van der Waals surface area contributed by atoms with Gasteiger partial charge in [-0.1, -0.05) is 12.1 Å². The Kier molecular flexibility index (Phi) is 4.86. The Morgan fingerprint density at radius 2 is 1.83 bits per heavy atom. The molecule has 0 unspecified atom stereocenters. The zero-order valence-corrected chi connectivity index (χ0v) is 12.8. The molecule has 1 aromatic heterocycles. The highest BCUT2D eigenvalue weighted by atomic mass is 19.1. The average molecular weight is 326 g/mol. The van der Waals surface area contributed by atoms with E-state index in [2.05, 4.69) is 5.10 Å². The molecule has 3 rings (SSSR count). The molecule has 5 nitrogen and oxygen atoms in total. The van der Waals surface area contributed by atoms with Crippen molar-refractivity contribution in [2.45, 2.75) is 6.61 Å². The summed E-state index contributed by atoms with van der Waals surface area (Å²) in [5, 5.41) is 4.14. The molecule has 0 radical (unpaired) electrons. The molecule has 0 saturated heterocycles. The second-order valence-electron chi connectivity index (χ2n) is 5.02. The van der Waals surface area contributed by atoms with Gasteiger partial charge in [-0.25, -0.2) is 13.9 Å². The maximum absolute atomic E-state index is 12.8. The molecule has 2 aromatic carbocycles. The Labute approximate surface area is 138 Å². The van der Waals surface area contributed by atoms with Crippen LogP contribution in [-0.2, 0) is 16.1 Å². The molecule has 0 amide bonds. The van der Waals surface area contributed by atoms with E-state index in [1.165, 1.54) is 24.3 Å². The second kappa shape index (κ2) is 7.41. The molecule has 24 heavy (non-hydrogen) atoms. The van der Waals surface area contributed by atoms with Crippen LogP contribution < -0.4 is 4.74 Å². The lowest BCUT2D eigenvalue weighted by atomic mass is 10.2. The number of hydrogen-bond donors (Lipinski definition) is 0. The number of carbonyl (C=O) groups is 1. The predicted octanol–water partition coefficient (Wildman–Crippen LogP) is 3.13. The molecule has 0 bridgehead atoms. The van der Waals surface area contributed by atoms with E-state index in [0.29, 0.717) is 5.75 Å². The number of carbonyl (C=O) groups excluding carboxylic acids is 1. The number of ether oxygens (including phenoxy) is 2. The molecule has 1 heterocycles. The smallest absolute Gasteiger partial charge is 0.344 e. The molecule has 0 fully saturated rings. The van der Waals surface area contributed by atoms with Crippen molar-refractivity contribution in [3.8, 4) is 11.4 Å². The maximum Gasteiger partial charge on any atom is 0.344 e. The lowest BCUT2D eigenvalue weighted by Gasteiger charge is -2.08. The minimum Gasteiger partial charge on any atom is -0.482 e. The lowest BCUT2D eigenvalue weighted by molar-refractivity contribution is -0.147. The third-order valence-electron chi connectivity index (χ3n) is 3.28. The first-order chi connectivity index (χ1) is 11.7. The molecule has 6 heteroatoms. The van der Waals surface area contributed by atoms with Gasteiger partial charge in [0.15, 0.2) is 6.61 Å². The van der Waals surface area contributed by atoms with E-state index < -0.39 is 5.97 Å². The first-order valence-electron chi connectivity index (χ1n) is 7.34. The molecule has 0 N–H and O–H groups in total. The molecule has 122 valence electrons. The summed E-state index contributed by atoms with van der Waals surface area (Å²) in [7, 11) is 0. The summed E-state index contributed by atoms with van der Waals surface area (Å²) in [6, 6.07) is 14.8. The van der Waals surface area contributed by atoms with E-state index in [0.717, 1.165) is 11.3 Å². The monoisotopic (exact) mass is 326 g/mol. The van der Waals surface area contributed by atoms with E-state index in [4.69, 9.17) is 9.47 Å². The van der Waals surface area contributed by atoms with Crippen LogP contribution in [0.1, 0.15) is 5.56 Å². The van der Waals surface area contributed by atoms with Crippen molar-refractivity contribution in [2.75, 3.05) is 6.61 Å². The first-order valence-corrected chi connectivity index (χ1v) is 7.34. The number of esters is 1. The van der Waals surface area contributed by atoms with Crippen molar-refractivity contribution in [1.82, 2.24) is 9.78 Å². The van der Waals surface area contributed by atoms with Crippen LogP contribution in [0.25, 0.3) is 5.69 Å². The predicted molar refractivity (Wildman–Crippen MR) is 85.3 cm³/mol. The lowest BCUT2D eigenvalue weighted by Crippen LogP contribution is -2.14. The van der Waals surface area contributed by atoms with Crippen LogP contribution in [0.3, 0.4) is 0 Å². The van der Waals surface area contributed by atoms with Crippen molar-refractivity contribution in [1.29, 1.82) is 0 Å². The number of benzene rings is 2. The highest BCUT2D eigenvalue weighted by molar-refractivity contribution is 5.71. The summed E-state index contributed by atoms with van der Waals surface area (Å²) < 4.78 is 24.9. The number of hydrogen-bond acceptors (Lipinski definition) is 4. The van der Waals surface area contributed by atoms with Gasteiger partial charge in [0.1, 0.15) is 18.2 Å². The minimum absolute atomic E-state index is 0.158. The molecular formula is C18H15FN2O3. The third-order valence-corrected chi connectivity index (χ3v) is 3.28. The average Bonchev–Trinajstić information content (AvgIpc) is 3.14. The van der Waals surface area contributed by atoms with Crippen LogP contribution in [0.15, 0.2) is 67.0 Å². The van der Waals surface area contributed by atoms with Gasteiger partial charge in [0.05, 0.1) is 5.69 Å². The zero-order chi connectivity index (χ0) is 16.8. The fourth-order valence-electron chi connectivity index (χ4n) is 2.05. The van der Waals surface area contributed by atoms with Crippen LogP contribution in [0.4, 0.5) is 4.39 Å². The Balaban J connectivity index is 1.46. The second-order valence-corrected chi connectivity index (χ2v) is 5.02. The maximum atomic E-state index is 12.8. The van der Waals surface area contributed by atoms with E-state index in [1.807, 2.05) is 36.5 Å². The number of rotatable bonds is 6. The molecule has 0 aliphatic carbocycles. The largest absolute Gasteiger partial charge is 0.482 e. The van der Waals surface area contributed by atoms with Gasteiger partial charge in [-0.3, -0.25) is 0 Å². The van der Waals surface area contributed by atoms with Gasteiger partial charge >= 0.3 is 5.97 Å². The van der Waals surface area contributed by atoms with Gasteiger partial charge in [-0.15, -0.1) is 0 Å². The summed E-state index contributed by atoms with van der Waals surface area (Å²) in [5.74, 6) is -0.434. The molecule has 0 spiro atoms. The highest BCUT2D eigenvalue weighted by Gasteiger charge is 2.05. The van der Waals surface area contributed by atoms with Gasteiger partial charge in [-0.05, 0) is 48.0 Å². The Morgan fingerprint density at radius 1 is 1.08 bits per heavy atom. The Hall–Kier alpha value is -3.15. The first kappa shape index (κ1) is 15.7. The summed E-state index contributed by atoms with van der Waals surface area (Å²) >= 11 is 0. The quantitative estimate of drug-likeness (QED) is 0.653. The number of halogens is 1. The van der Waals surface area contributed by atoms with E-state index in [-0.39, 0.29) is 19.0 Å². The Bertz CT molecular complexity index is 784. The normalized spacial score (nSPS) is 10.4. The highest BCUT2D eigenvalue weighted by Crippen LogP contribution is 2.12. The molecule has 3 aromatic rings. The standard InChI is InChI=1S/C18H15FN2O3/c19-15-4-8-17(9-5-15)23-13-18(22)24-12-14-2-6-16(7-3-14)21-11-1-10-20-21/h1-11H,12-13H2. The van der Waals surface area contributed by atoms with E-state index in [9.17, 15) is 9.18 Å². The number of aromatic nitrogens is 2. The van der Waals surface area contributed by atoms with Gasteiger partial charge in [0.25, 0.3) is 0 Å². The van der Waals surface area contributed by atoms with Crippen molar-refractivity contribution >= 4 is 5.97 Å². The summed E-state index contributed by atoms with van der Waals surface area (Å²) in [5.41, 5.74) is 1.79. The van der Waals surface area contributed by atoms with Crippen LogP contribution in [0, 0.1) is 5.82 Å².